The number of ether oxygens (including phenoxy) is 1. The molecule has 7 nitrogen and oxygen atoms in total. The van der Waals surface area contributed by atoms with Gasteiger partial charge in [-0.05, 0) is 82.7 Å². The van der Waals surface area contributed by atoms with Crippen molar-refractivity contribution in [1.82, 2.24) is 19.7 Å². The molecule has 200 valence electrons. The number of nitrogens with one attached hydrogen (secondary N) is 1. The molecule has 1 aromatic heterocycles. The SMILES string of the molecule is Cc1cccnc1NC(=O)CN1COCN(CC2CCC2)[C@]2(CC[C@@](c3ccccc3)(N(C)C)CC2)C1. The van der Waals surface area contributed by atoms with Crippen molar-refractivity contribution in [3.8, 4) is 0 Å². The minimum absolute atomic E-state index is 0.0155. The molecule has 0 unspecified atom stereocenters. The van der Waals surface area contributed by atoms with Crippen molar-refractivity contribution in [2.45, 2.75) is 62.9 Å². The molecule has 0 bridgehead atoms. The van der Waals surface area contributed by atoms with Gasteiger partial charge in [0.25, 0.3) is 0 Å². The van der Waals surface area contributed by atoms with Gasteiger partial charge in [0, 0.05) is 30.4 Å². The third-order valence-electron chi connectivity index (χ3n) is 9.22. The van der Waals surface area contributed by atoms with Crippen molar-refractivity contribution in [1.29, 1.82) is 0 Å². The van der Waals surface area contributed by atoms with Gasteiger partial charge in [-0.3, -0.25) is 19.5 Å². The number of hydrogen-bond donors (Lipinski definition) is 1. The van der Waals surface area contributed by atoms with Gasteiger partial charge in [-0.1, -0.05) is 42.8 Å². The maximum absolute atomic E-state index is 13.0. The van der Waals surface area contributed by atoms with E-state index in [-0.39, 0.29) is 17.0 Å². The lowest BCUT2D eigenvalue weighted by Crippen LogP contribution is -2.60. The van der Waals surface area contributed by atoms with Crippen LogP contribution in [-0.2, 0) is 15.1 Å². The summed E-state index contributed by atoms with van der Waals surface area (Å²) in [6.07, 6.45) is 10.1. The van der Waals surface area contributed by atoms with Crippen LogP contribution in [0, 0.1) is 12.8 Å². The van der Waals surface area contributed by atoms with Crippen LogP contribution >= 0.6 is 0 Å². The van der Waals surface area contributed by atoms with Crippen LogP contribution in [0.1, 0.15) is 56.1 Å². The van der Waals surface area contributed by atoms with E-state index in [1.54, 1.807) is 6.20 Å². The minimum atomic E-state index is -0.0317. The molecule has 2 aliphatic carbocycles. The Morgan fingerprint density at radius 2 is 1.84 bits per heavy atom. The molecule has 2 aromatic rings. The maximum Gasteiger partial charge on any atom is 0.239 e. The number of amides is 1. The van der Waals surface area contributed by atoms with Gasteiger partial charge in [0.05, 0.1) is 6.54 Å². The van der Waals surface area contributed by atoms with Crippen molar-refractivity contribution in [3.63, 3.8) is 0 Å². The molecule has 0 radical (unpaired) electrons. The Bertz CT molecular complexity index is 1050. The van der Waals surface area contributed by atoms with E-state index < -0.39 is 0 Å². The quantitative estimate of drug-likeness (QED) is 0.600. The summed E-state index contributed by atoms with van der Waals surface area (Å²) in [6, 6.07) is 14.9. The van der Waals surface area contributed by atoms with Gasteiger partial charge in [0.15, 0.2) is 0 Å². The molecular weight excluding hydrogens is 462 g/mol. The lowest BCUT2D eigenvalue weighted by molar-refractivity contribution is -0.118. The molecule has 5 rings (SSSR count). The Hall–Kier alpha value is -2.32. The largest absolute Gasteiger partial charge is 0.351 e. The smallest absolute Gasteiger partial charge is 0.239 e. The molecule has 1 aliphatic heterocycles. The maximum atomic E-state index is 13.0. The molecule has 3 fully saturated rings. The van der Waals surface area contributed by atoms with Gasteiger partial charge >= 0.3 is 0 Å². The summed E-state index contributed by atoms with van der Waals surface area (Å²) in [5.41, 5.74) is 2.44. The lowest BCUT2D eigenvalue weighted by atomic mass is 9.67. The monoisotopic (exact) mass is 505 g/mol. The zero-order valence-corrected chi connectivity index (χ0v) is 22.8. The van der Waals surface area contributed by atoms with E-state index in [0.717, 1.165) is 50.3 Å². The fourth-order valence-corrected chi connectivity index (χ4v) is 6.65. The number of nitrogens with zero attached hydrogens (tertiary/aromatic N) is 4. The van der Waals surface area contributed by atoms with E-state index in [2.05, 4.69) is 69.4 Å². The van der Waals surface area contributed by atoms with E-state index in [9.17, 15) is 4.79 Å². The zero-order valence-electron chi connectivity index (χ0n) is 22.8. The van der Waals surface area contributed by atoms with Crippen molar-refractivity contribution in [2.24, 2.45) is 5.92 Å². The Morgan fingerprint density at radius 1 is 1.08 bits per heavy atom. The summed E-state index contributed by atoms with van der Waals surface area (Å²) in [6.45, 7) is 5.37. The topological polar surface area (TPSA) is 60.9 Å². The lowest BCUT2D eigenvalue weighted by Gasteiger charge is -2.54. The first-order valence-electron chi connectivity index (χ1n) is 13.9. The van der Waals surface area contributed by atoms with Gasteiger partial charge in [0.2, 0.25) is 5.91 Å². The molecular formula is C30H43N5O2. The molecule has 2 saturated carbocycles. The Balaban J connectivity index is 1.34. The zero-order chi connectivity index (χ0) is 25.9. The third-order valence-corrected chi connectivity index (χ3v) is 9.22. The predicted octanol–water partition coefficient (Wildman–Crippen LogP) is 4.45. The fraction of sp³-hybridized carbons (Fsp3) is 0.600. The van der Waals surface area contributed by atoms with Crippen molar-refractivity contribution in [2.75, 3.05) is 52.5 Å². The number of anilines is 1. The number of carbonyl (C=O) groups excluding carboxylic acids is 1. The molecule has 3 aliphatic rings. The minimum Gasteiger partial charge on any atom is -0.351 e. The van der Waals surface area contributed by atoms with E-state index >= 15 is 0 Å². The van der Waals surface area contributed by atoms with Gasteiger partial charge < -0.3 is 10.1 Å². The molecule has 1 spiro atoms. The van der Waals surface area contributed by atoms with Gasteiger partial charge in [0.1, 0.15) is 19.3 Å². The second-order valence-corrected chi connectivity index (χ2v) is 11.7. The number of carbonyl (C=O) groups is 1. The van der Waals surface area contributed by atoms with Gasteiger partial charge in [-0.25, -0.2) is 4.98 Å². The summed E-state index contributed by atoms with van der Waals surface area (Å²) in [4.78, 5) is 24.7. The first-order chi connectivity index (χ1) is 17.9. The number of rotatable bonds is 7. The second-order valence-electron chi connectivity index (χ2n) is 11.7. The molecule has 1 aromatic carbocycles. The summed E-state index contributed by atoms with van der Waals surface area (Å²) < 4.78 is 6.22. The van der Waals surface area contributed by atoms with Crippen LogP contribution in [0.3, 0.4) is 0 Å². The summed E-state index contributed by atoms with van der Waals surface area (Å²) in [5, 5.41) is 3.01. The average Bonchev–Trinajstić information content (AvgIpc) is 3.02. The van der Waals surface area contributed by atoms with Crippen LogP contribution < -0.4 is 5.32 Å². The first-order valence-corrected chi connectivity index (χ1v) is 13.9. The highest BCUT2D eigenvalue weighted by atomic mass is 16.5. The fourth-order valence-electron chi connectivity index (χ4n) is 6.65. The molecule has 1 saturated heterocycles. The summed E-state index contributed by atoms with van der Waals surface area (Å²) >= 11 is 0. The Labute approximate surface area is 222 Å². The molecule has 2 heterocycles. The van der Waals surface area contributed by atoms with Crippen LogP contribution in [0.5, 0.6) is 0 Å². The summed E-state index contributed by atoms with van der Waals surface area (Å²) in [5.74, 6) is 1.38. The van der Waals surface area contributed by atoms with Crippen LogP contribution in [0.15, 0.2) is 48.7 Å². The third kappa shape index (κ3) is 5.60. The number of pyridine rings is 1. The number of aromatic nitrogens is 1. The van der Waals surface area contributed by atoms with E-state index in [1.165, 1.54) is 24.8 Å². The van der Waals surface area contributed by atoms with Crippen LogP contribution in [0.4, 0.5) is 5.82 Å². The highest BCUT2D eigenvalue weighted by Gasteiger charge is 2.49. The molecule has 0 atom stereocenters. The van der Waals surface area contributed by atoms with Crippen molar-refractivity contribution >= 4 is 11.7 Å². The van der Waals surface area contributed by atoms with Crippen LogP contribution in [0.25, 0.3) is 0 Å². The summed E-state index contributed by atoms with van der Waals surface area (Å²) in [7, 11) is 4.45. The van der Waals surface area contributed by atoms with E-state index in [0.29, 0.717) is 25.8 Å². The standard InChI is InChI=1S/C30H43N5O2/c1-24-9-8-18-31-28(24)32-27(36)20-34-21-29(35(23-37-22-34)19-25-10-7-11-25)14-16-30(17-15-29,33(2)3)26-12-5-4-6-13-26/h4-6,8-9,12-13,18,25H,7,10-11,14-17,19-23H2,1-3H3,(H,31,32,36)/t29-,30+. The second kappa shape index (κ2) is 11.2. The molecule has 1 N–H and O–H groups in total. The molecule has 1 amide bonds. The van der Waals surface area contributed by atoms with E-state index in [4.69, 9.17) is 4.74 Å². The highest BCUT2D eigenvalue weighted by Crippen LogP contribution is 2.48. The van der Waals surface area contributed by atoms with Crippen LogP contribution in [0.2, 0.25) is 0 Å². The predicted molar refractivity (Wildman–Crippen MR) is 147 cm³/mol. The van der Waals surface area contributed by atoms with Crippen molar-refractivity contribution < 1.29 is 9.53 Å². The Morgan fingerprint density at radius 3 is 2.49 bits per heavy atom. The van der Waals surface area contributed by atoms with Gasteiger partial charge in [-0.15, -0.1) is 0 Å². The van der Waals surface area contributed by atoms with Crippen molar-refractivity contribution in [3.05, 3.63) is 59.8 Å². The highest BCUT2D eigenvalue weighted by molar-refractivity contribution is 5.91. The van der Waals surface area contributed by atoms with Gasteiger partial charge in [-0.2, -0.15) is 0 Å². The van der Waals surface area contributed by atoms with E-state index in [1.807, 2.05) is 19.1 Å². The molecule has 37 heavy (non-hydrogen) atoms. The average molecular weight is 506 g/mol. The van der Waals surface area contributed by atoms with Crippen LogP contribution in [-0.4, -0.2) is 78.3 Å². The first kappa shape index (κ1) is 26.3. The number of benzene rings is 1. The molecule has 7 heteroatoms. The number of aryl methyl sites for hydroxylation is 1. The normalized spacial score (nSPS) is 27.7. The number of hydrogen-bond acceptors (Lipinski definition) is 6. The Kier molecular flexibility index (Phi) is 7.96.